The van der Waals surface area contributed by atoms with Crippen LogP contribution in [0.1, 0.15) is 59.3 Å². The summed E-state index contributed by atoms with van der Waals surface area (Å²) >= 11 is 0. The molecule has 0 nitrogen and oxygen atoms in total. The summed E-state index contributed by atoms with van der Waals surface area (Å²) in [6.07, 6.45) is 13.3. The van der Waals surface area contributed by atoms with Crippen molar-refractivity contribution in [1.29, 1.82) is 0 Å². The first kappa shape index (κ1) is 11.8. The highest BCUT2D eigenvalue weighted by Crippen LogP contribution is 2.35. The second-order valence-corrected chi connectivity index (χ2v) is 4.95. The van der Waals surface area contributed by atoms with Gasteiger partial charge in [0.15, 0.2) is 0 Å². The molecule has 1 aliphatic rings. The monoisotopic (exact) mass is 194 g/mol. The number of hydrogen-bond donors (Lipinski definition) is 0. The van der Waals surface area contributed by atoms with Gasteiger partial charge >= 0.3 is 0 Å². The normalized spacial score (nSPS) is 30.8. The molecule has 1 saturated carbocycles. The number of rotatable bonds is 4. The Morgan fingerprint density at radius 1 is 1.21 bits per heavy atom. The van der Waals surface area contributed by atoms with E-state index in [1.54, 1.807) is 0 Å². The Bertz CT molecular complexity index is 161. The van der Waals surface area contributed by atoms with Crippen molar-refractivity contribution in [3.8, 4) is 0 Å². The minimum absolute atomic E-state index is 0.808. The van der Waals surface area contributed by atoms with Crippen LogP contribution >= 0.6 is 0 Å². The predicted octanol–water partition coefficient (Wildman–Crippen LogP) is 4.81. The molecular weight excluding hydrogens is 168 g/mol. The molecule has 0 aromatic carbocycles. The molecular formula is C14H26. The molecule has 0 saturated heterocycles. The van der Waals surface area contributed by atoms with Gasteiger partial charge in [0, 0.05) is 0 Å². The van der Waals surface area contributed by atoms with Crippen LogP contribution in [0.25, 0.3) is 0 Å². The minimum Gasteiger partial charge on any atom is -0.0914 e. The maximum Gasteiger partial charge on any atom is -0.0234 e. The maximum absolute atomic E-state index is 2.38. The molecule has 14 heavy (non-hydrogen) atoms. The van der Waals surface area contributed by atoms with E-state index < -0.39 is 0 Å². The third kappa shape index (κ3) is 3.48. The molecule has 0 heteroatoms. The van der Waals surface area contributed by atoms with Crippen LogP contribution in [0.4, 0.5) is 0 Å². The van der Waals surface area contributed by atoms with Gasteiger partial charge < -0.3 is 0 Å². The Kier molecular flexibility index (Phi) is 5.29. The summed E-state index contributed by atoms with van der Waals surface area (Å²) in [6.45, 7) is 6.83. The van der Waals surface area contributed by atoms with E-state index in [2.05, 4.69) is 32.9 Å². The average Bonchev–Trinajstić information content (AvgIpc) is 2.20. The van der Waals surface area contributed by atoms with E-state index in [0.29, 0.717) is 0 Å². The average molecular weight is 194 g/mol. The number of allylic oxidation sites excluding steroid dienone is 2. The van der Waals surface area contributed by atoms with Crippen LogP contribution in [0.5, 0.6) is 0 Å². The molecule has 0 N–H and O–H groups in total. The van der Waals surface area contributed by atoms with Crippen molar-refractivity contribution in [1.82, 2.24) is 0 Å². The van der Waals surface area contributed by atoms with Crippen molar-refractivity contribution in [2.45, 2.75) is 59.3 Å². The van der Waals surface area contributed by atoms with Gasteiger partial charge in [0.25, 0.3) is 0 Å². The van der Waals surface area contributed by atoms with Gasteiger partial charge in [-0.15, -0.1) is 0 Å². The van der Waals surface area contributed by atoms with Gasteiger partial charge in [-0.05, 0) is 37.5 Å². The summed E-state index contributed by atoms with van der Waals surface area (Å²) < 4.78 is 0. The van der Waals surface area contributed by atoms with Crippen LogP contribution in [-0.4, -0.2) is 0 Å². The summed E-state index contributed by atoms with van der Waals surface area (Å²) in [5.74, 6) is 2.83. The topological polar surface area (TPSA) is 0 Å². The summed E-state index contributed by atoms with van der Waals surface area (Å²) in [5.41, 5.74) is 0. The third-order valence-electron chi connectivity index (χ3n) is 3.83. The fourth-order valence-electron chi connectivity index (χ4n) is 2.87. The lowest BCUT2D eigenvalue weighted by Crippen LogP contribution is -2.19. The minimum atomic E-state index is 0.808. The fourth-order valence-corrected chi connectivity index (χ4v) is 2.87. The van der Waals surface area contributed by atoms with Gasteiger partial charge in [0.05, 0.1) is 0 Å². The van der Waals surface area contributed by atoms with E-state index in [4.69, 9.17) is 0 Å². The molecule has 0 aromatic rings. The Balaban J connectivity index is 2.28. The van der Waals surface area contributed by atoms with Gasteiger partial charge in [-0.3, -0.25) is 0 Å². The highest BCUT2D eigenvalue weighted by atomic mass is 14.3. The molecule has 1 rings (SSSR count). The largest absolute Gasteiger partial charge is 0.0914 e. The quantitative estimate of drug-likeness (QED) is 0.564. The van der Waals surface area contributed by atoms with Crippen LogP contribution in [0.2, 0.25) is 0 Å². The van der Waals surface area contributed by atoms with E-state index >= 15 is 0 Å². The van der Waals surface area contributed by atoms with E-state index in [1.165, 1.54) is 38.5 Å². The van der Waals surface area contributed by atoms with Crippen LogP contribution in [0, 0.1) is 17.8 Å². The van der Waals surface area contributed by atoms with Gasteiger partial charge in [0.2, 0.25) is 0 Å². The zero-order valence-corrected chi connectivity index (χ0v) is 10.1. The van der Waals surface area contributed by atoms with Crippen LogP contribution < -0.4 is 0 Å². The molecule has 1 atom stereocenters. The van der Waals surface area contributed by atoms with Crippen molar-refractivity contribution in [2.75, 3.05) is 0 Å². The first-order valence-electron chi connectivity index (χ1n) is 6.40. The Morgan fingerprint density at radius 3 is 2.36 bits per heavy atom. The Morgan fingerprint density at radius 2 is 1.86 bits per heavy atom. The summed E-state index contributed by atoms with van der Waals surface area (Å²) in [4.78, 5) is 0. The molecule has 1 unspecified atom stereocenters. The standard InChI is InChI=1S/C14H26/c1-4-6-12(3)14-10-8-13(7-5-2)9-11-14/h4,6,12-14H,5,7-11H2,1-3H3. The van der Waals surface area contributed by atoms with Gasteiger partial charge in [0.1, 0.15) is 0 Å². The highest BCUT2D eigenvalue weighted by Gasteiger charge is 2.23. The molecule has 1 aliphatic carbocycles. The van der Waals surface area contributed by atoms with Gasteiger partial charge in [-0.25, -0.2) is 0 Å². The molecule has 0 amide bonds. The van der Waals surface area contributed by atoms with Crippen molar-refractivity contribution in [2.24, 2.45) is 17.8 Å². The molecule has 0 radical (unpaired) electrons. The highest BCUT2D eigenvalue weighted by molar-refractivity contribution is 4.88. The predicted molar refractivity (Wildman–Crippen MR) is 64.3 cm³/mol. The first-order valence-corrected chi connectivity index (χ1v) is 6.40. The summed E-state index contributed by atoms with van der Waals surface area (Å²) in [7, 11) is 0. The van der Waals surface area contributed by atoms with Crippen LogP contribution in [0.3, 0.4) is 0 Å². The van der Waals surface area contributed by atoms with E-state index in [1.807, 2.05) is 0 Å². The van der Waals surface area contributed by atoms with Crippen molar-refractivity contribution >= 4 is 0 Å². The zero-order chi connectivity index (χ0) is 10.4. The first-order chi connectivity index (χ1) is 6.77. The van der Waals surface area contributed by atoms with Crippen LogP contribution in [-0.2, 0) is 0 Å². The maximum atomic E-state index is 2.38. The van der Waals surface area contributed by atoms with Crippen molar-refractivity contribution < 1.29 is 0 Å². The second-order valence-electron chi connectivity index (χ2n) is 4.95. The Hall–Kier alpha value is -0.260. The van der Waals surface area contributed by atoms with Gasteiger partial charge in [-0.1, -0.05) is 51.7 Å². The van der Waals surface area contributed by atoms with Crippen molar-refractivity contribution in [3.63, 3.8) is 0 Å². The van der Waals surface area contributed by atoms with Crippen molar-refractivity contribution in [3.05, 3.63) is 12.2 Å². The smallest absolute Gasteiger partial charge is 0.0234 e. The molecule has 0 aliphatic heterocycles. The SMILES string of the molecule is CC=CC(C)C1CCC(CCC)CC1. The lowest BCUT2D eigenvalue weighted by atomic mass is 9.75. The van der Waals surface area contributed by atoms with Gasteiger partial charge in [-0.2, -0.15) is 0 Å². The molecule has 82 valence electrons. The summed E-state index contributed by atoms with van der Waals surface area (Å²) in [5, 5.41) is 0. The lowest BCUT2D eigenvalue weighted by Gasteiger charge is -2.31. The lowest BCUT2D eigenvalue weighted by molar-refractivity contribution is 0.228. The van der Waals surface area contributed by atoms with E-state index in [9.17, 15) is 0 Å². The molecule has 1 fully saturated rings. The van der Waals surface area contributed by atoms with Crippen LogP contribution in [0.15, 0.2) is 12.2 Å². The Labute approximate surface area is 89.8 Å². The summed E-state index contributed by atoms with van der Waals surface area (Å²) in [6, 6.07) is 0. The molecule has 0 heterocycles. The number of hydrogen-bond acceptors (Lipinski definition) is 0. The molecule has 0 bridgehead atoms. The molecule has 0 aromatic heterocycles. The fraction of sp³-hybridized carbons (Fsp3) is 0.857. The zero-order valence-electron chi connectivity index (χ0n) is 10.1. The van der Waals surface area contributed by atoms with E-state index in [-0.39, 0.29) is 0 Å². The molecule has 0 spiro atoms. The second kappa shape index (κ2) is 6.27. The third-order valence-corrected chi connectivity index (χ3v) is 3.83. The van der Waals surface area contributed by atoms with E-state index in [0.717, 1.165) is 17.8 Å².